The molecule has 2 aromatic rings. The normalized spacial score (nSPS) is 11.4. The van der Waals surface area contributed by atoms with Crippen molar-refractivity contribution in [1.82, 2.24) is 9.78 Å². The average molecular weight is 334 g/mol. The summed E-state index contributed by atoms with van der Waals surface area (Å²) in [6, 6.07) is 7.48. The van der Waals surface area contributed by atoms with Gasteiger partial charge in [0.1, 0.15) is 5.69 Å². The lowest BCUT2D eigenvalue weighted by Crippen LogP contribution is -2.11. The van der Waals surface area contributed by atoms with Crippen LogP contribution in [0.3, 0.4) is 0 Å². The van der Waals surface area contributed by atoms with E-state index in [9.17, 15) is 4.79 Å². The highest BCUT2D eigenvalue weighted by Gasteiger charge is 2.16. The number of carbonyl (C=O) groups excluding carboxylic acids is 1. The molecule has 0 fully saturated rings. The fourth-order valence-corrected chi connectivity index (χ4v) is 2.29. The molecule has 2 rings (SSSR count). The first-order chi connectivity index (χ1) is 9.49. The van der Waals surface area contributed by atoms with Crippen LogP contribution >= 0.6 is 15.9 Å². The van der Waals surface area contributed by atoms with Crippen molar-refractivity contribution in [2.45, 2.75) is 19.9 Å². The van der Waals surface area contributed by atoms with Crippen LogP contribution in [-0.2, 0) is 0 Å². The van der Waals surface area contributed by atoms with Crippen molar-refractivity contribution in [3.8, 4) is 0 Å². The molecule has 4 nitrogen and oxygen atoms in total. The van der Waals surface area contributed by atoms with Crippen LogP contribution in [-0.4, -0.2) is 15.6 Å². The van der Waals surface area contributed by atoms with Crippen molar-refractivity contribution in [2.75, 3.05) is 5.73 Å². The minimum atomic E-state index is -0.0834. The molecular formula is C15H16BrN3O. The maximum atomic E-state index is 12.3. The Balaban J connectivity index is 2.24. The molecule has 0 atom stereocenters. The third-order valence-electron chi connectivity index (χ3n) is 2.84. The highest BCUT2D eigenvalue weighted by atomic mass is 79.9. The fraction of sp³-hybridized carbons (Fsp3) is 0.200. The summed E-state index contributed by atoms with van der Waals surface area (Å²) in [5, 5.41) is 4.20. The number of allylic oxidation sites excluding steroid dienone is 1. The summed E-state index contributed by atoms with van der Waals surface area (Å²) >= 11 is 3.37. The van der Waals surface area contributed by atoms with Crippen LogP contribution in [0.2, 0.25) is 0 Å². The van der Waals surface area contributed by atoms with Crippen LogP contribution in [0.5, 0.6) is 0 Å². The van der Waals surface area contributed by atoms with Gasteiger partial charge in [0.25, 0.3) is 0 Å². The van der Waals surface area contributed by atoms with Gasteiger partial charge < -0.3 is 5.73 Å². The van der Waals surface area contributed by atoms with Crippen LogP contribution in [0.1, 0.15) is 35.9 Å². The van der Waals surface area contributed by atoms with E-state index in [-0.39, 0.29) is 11.8 Å². The first kappa shape index (κ1) is 14.5. The minimum absolute atomic E-state index is 0.0834. The van der Waals surface area contributed by atoms with E-state index in [0.717, 1.165) is 5.56 Å². The molecule has 1 aromatic carbocycles. The molecule has 0 spiro atoms. The molecule has 0 saturated heterocycles. The second kappa shape index (κ2) is 6.05. The van der Waals surface area contributed by atoms with Gasteiger partial charge in [0.15, 0.2) is 0 Å². The Hall–Kier alpha value is -1.88. The Kier molecular flexibility index (Phi) is 4.39. The van der Waals surface area contributed by atoms with Gasteiger partial charge in [-0.05, 0) is 53.5 Å². The van der Waals surface area contributed by atoms with Gasteiger partial charge in [-0.1, -0.05) is 18.2 Å². The maximum Gasteiger partial charge on any atom is 0.205 e. The molecule has 0 aliphatic carbocycles. The molecule has 0 amide bonds. The second-order valence-corrected chi connectivity index (χ2v) is 5.60. The molecule has 2 N–H and O–H groups in total. The van der Waals surface area contributed by atoms with Gasteiger partial charge in [-0.2, -0.15) is 5.10 Å². The summed E-state index contributed by atoms with van der Waals surface area (Å²) in [5.41, 5.74) is 7.82. The Morgan fingerprint density at radius 1 is 1.35 bits per heavy atom. The van der Waals surface area contributed by atoms with Crippen LogP contribution in [0, 0.1) is 0 Å². The third kappa shape index (κ3) is 3.17. The van der Waals surface area contributed by atoms with Gasteiger partial charge >= 0.3 is 0 Å². The standard InChI is InChI=1S/C15H16BrN3O/c1-10(2)19-15(13(16)9-18-19)14(20)8-5-11-3-6-12(17)7-4-11/h3-10H,17H2,1-2H3/b8-5+. The van der Waals surface area contributed by atoms with Crippen LogP contribution in [0.4, 0.5) is 5.69 Å². The number of carbonyl (C=O) groups is 1. The number of halogens is 1. The third-order valence-corrected chi connectivity index (χ3v) is 3.42. The van der Waals surface area contributed by atoms with Crippen molar-refractivity contribution >= 4 is 33.5 Å². The van der Waals surface area contributed by atoms with Gasteiger partial charge in [0, 0.05) is 11.7 Å². The van der Waals surface area contributed by atoms with Crippen LogP contribution in [0.25, 0.3) is 6.08 Å². The quantitative estimate of drug-likeness (QED) is 0.527. The molecule has 0 saturated carbocycles. The molecule has 1 aromatic heterocycles. The van der Waals surface area contributed by atoms with E-state index in [1.54, 1.807) is 35.2 Å². The van der Waals surface area contributed by atoms with E-state index in [1.807, 2.05) is 26.0 Å². The maximum absolute atomic E-state index is 12.3. The SMILES string of the molecule is CC(C)n1ncc(Br)c1C(=O)/C=C/c1ccc(N)cc1. The highest BCUT2D eigenvalue weighted by molar-refractivity contribution is 9.10. The summed E-state index contributed by atoms with van der Waals surface area (Å²) in [6.07, 6.45) is 4.96. The molecule has 0 bridgehead atoms. The molecule has 0 unspecified atom stereocenters. The molecule has 1 heterocycles. The number of aromatic nitrogens is 2. The summed E-state index contributed by atoms with van der Waals surface area (Å²) in [5.74, 6) is -0.0834. The van der Waals surface area contributed by atoms with E-state index in [4.69, 9.17) is 5.73 Å². The van der Waals surface area contributed by atoms with Crippen molar-refractivity contribution in [3.63, 3.8) is 0 Å². The predicted octanol–water partition coefficient (Wildman–Crippen LogP) is 3.70. The average Bonchev–Trinajstić information content (AvgIpc) is 2.80. The molecule has 5 heteroatoms. The Bertz CT molecular complexity index is 642. The number of benzene rings is 1. The van der Waals surface area contributed by atoms with E-state index >= 15 is 0 Å². The zero-order valence-corrected chi connectivity index (χ0v) is 13.0. The zero-order valence-electron chi connectivity index (χ0n) is 11.4. The number of ketones is 1. The summed E-state index contributed by atoms with van der Waals surface area (Å²) in [4.78, 5) is 12.3. The molecule has 104 valence electrons. The minimum Gasteiger partial charge on any atom is -0.399 e. The molecule has 0 aliphatic heterocycles. The van der Waals surface area contributed by atoms with Crippen molar-refractivity contribution in [2.24, 2.45) is 0 Å². The summed E-state index contributed by atoms with van der Waals surface area (Å²) in [7, 11) is 0. The first-order valence-corrected chi connectivity index (χ1v) is 7.09. The topological polar surface area (TPSA) is 60.9 Å². The first-order valence-electron chi connectivity index (χ1n) is 6.30. The number of hydrogen-bond donors (Lipinski definition) is 1. The smallest absolute Gasteiger partial charge is 0.205 e. The Morgan fingerprint density at radius 3 is 2.60 bits per heavy atom. The number of rotatable bonds is 4. The Morgan fingerprint density at radius 2 is 2.00 bits per heavy atom. The van der Waals surface area contributed by atoms with E-state index in [1.165, 1.54) is 0 Å². The lowest BCUT2D eigenvalue weighted by molar-refractivity contribution is 0.103. The van der Waals surface area contributed by atoms with Crippen molar-refractivity contribution < 1.29 is 4.79 Å². The largest absolute Gasteiger partial charge is 0.399 e. The Labute approximate surface area is 126 Å². The zero-order chi connectivity index (χ0) is 14.7. The van der Waals surface area contributed by atoms with E-state index in [2.05, 4.69) is 21.0 Å². The van der Waals surface area contributed by atoms with Gasteiger partial charge in [0.2, 0.25) is 5.78 Å². The lowest BCUT2D eigenvalue weighted by Gasteiger charge is -2.08. The van der Waals surface area contributed by atoms with Crippen LogP contribution < -0.4 is 5.73 Å². The number of nitrogens with zero attached hydrogens (tertiary/aromatic N) is 2. The summed E-state index contributed by atoms with van der Waals surface area (Å²) < 4.78 is 2.41. The van der Waals surface area contributed by atoms with Crippen molar-refractivity contribution in [3.05, 3.63) is 52.3 Å². The predicted molar refractivity (Wildman–Crippen MR) is 84.5 cm³/mol. The van der Waals surface area contributed by atoms with Crippen molar-refractivity contribution in [1.29, 1.82) is 0 Å². The fourth-order valence-electron chi connectivity index (χ4n) is 1.82. The number of nitrogen functional groups attached to an aromatic ring is 1. The van der Waals surface area contributed by atoms with Gasteiger partial charge in [-0.3, -0.25) is 9.48 Å². The van der Waals surface area contributed by atoms with E-state index in [0.29, 0.717) is 15.9 Å². The van der Waals surface area contributed by atoms with Gasteiger partial charge in [-0.15, -0.1) is 0 Å². The molecular weight excluding hydrogens is 318 g/mol. The number of anilines is 1. The highest BCUT2D eigenvalue weighted by Crippen LogP contribution is 2.20. The number of nitrogens with two attached hydrogens (primary N) is 1. The van der Waals surface area contributed by atoms with Gasteiger partial charge in [-0.25, -0.2) is 0 Å². The second-order valence-electron chi connectivity index (χ2n) is 4.74. The molecule has 0 radical (unpaired) electrons. The van der Waals surface area contributed by atoms with Crippen LogP contribution in [0.15, 0.2) is 41.0 Å². The number of hydrogen-bond acceptors (Lipinski definition) is 3. The lowest BCUT2D eigenvalue weighted by atomic mass is 10.1. The molecule has 0 aliphatic rings. The summed E-state index contributed by atoms with van der Waals surface area (Å²) in [6.45, 7) is 3.97. The molecule has 20 heavy (non-hydrogen) atoms. The van der Waals surface area contributed by atoms with E-state index < -0.39 is 0 Å². The van der Waals surface area contributed by atoms with Gasteiger partial charge in [0.05, 0.1) is 10.7 Å². The monoisotopic (exact) mass is 333 g/mol.